The summed E-state index contributed by atoms with van der Waals surface area (Å²) in [7, 11) is 2.11. The van der Waals surface area contributed by atoms with E-state index in [0.717, 1.165) is 37.3 Å². The topological polar surface area (TPSA) is 79.1 Å². The average Bonchev–Trinajstić information content (AvgIpc) is 3.47. The fraction of sp³-hybridized carbons (Fsp3) is 0.469. The van der Waals surface area contributed by atoms with Crippen molar-refractivity contribution in [1.29, 1.82) is 0 Å². The summed E-state index contributed by atoms with van der Waals surface area (Å²) in [5, 5.41) is 0. The Labute approximate surface area is 244 Å². The maximum atomic E-state index is 13.8. The Morgan fingerprint density at radius 3 is 2.90 bits per heavy atom. The monoisotopic (exact) mass is 567 g/mol. The number of ether oxygens (including phenoxy) is 1. The lowest BCUT2D eigenvalue weighted by molar-refractivity contribution is -0.131. The van der Waals surface area contributed by atoms with Crippen LogP contribution in [0.5, 0.6) is 6.01 Å². The van der Waals surface area contributed by atoms with Crippen LogP contribution in [0.2, 0.25) is 0 Å². The Bertz CT molecular complexity index is 1620. The lowest BCUT2D eigenvalue weighted by Gasteiger charge is -2.39. The molecule has 2 aliphatic carbocycles. The number of anilines is 1. The summed E-state index contributed by atoms with van der Waals surface area (Å²) in [4.78, 5) is 36.3. The molecule has 3 fully saturated rings. The normalized spacial score (nSPS) is 24.8. The van der Waals surface area contributed by atoms with Gasteiger partial charge in [-0.1, -0.05) is 24.8 Å². The summed E-state index contributed by atoms with van der Waals surface area (Å²) in [6, 6.07) is 8.73. The molecule has 0 bridgehead atoms. The molecule has 4 aliphatic rings. The van der Waals surface area contributed by atoms with E-state index in [4.69, 9.17) is 26.3 Å². The Kier molecular flexibility index (Phi) is 6.77. The van der Waals surface area contributed by atoms with E-state index in [0.29, 0.717) is 48.5 Å². The zero-order valence-corrected chi connectivity index (χ0v) is 23.8. The number of carbonyl (C=O) groups is 1. The minimum atomic E-state index is -1.02. The fourth-order valence-corrected chi connectivity index (χ4v) is 7.10. The average molecular weight is 568 g/mol. The number of piperazine rings is 1. The van der Waals surface area contributed by atoms with Crippen LogP contribution in [0.25, 0.3) is 27.0 Å². The van der Waals surface area contributed by atoms with Crippen LogP contribution in [0, 0.1) is 12.5 Å². The van der Waals surface area contributed by atoms with E-state index in [1.165, 1.54) is 28.0 Å². The molecule has 1 aromatic carbocycles. The molecule has 1 amide bonds. The van der Waals surface area contributed by atoms with Crippen molar-refractivity contribution in [3.63, 3.8) is 0 Å². The molecule has 4 heterocycles. The zero-order chi connectivity index (χ0) is 29.0. The lowest BCUT2D eigenvalue weighted by atomic mass is 9.95. The van der Waals surface area contributed by atoms with Gasteiger partial charge in [0, 0.05) is 37.4 Å². The standard InChI is InChI=1S/C32H34FN7O2/c1-19(33)31(41)40-11-10-39(17-24(40)16-34-2)30-29-27(36-32(37-30)42-18-23-7-5-9-38(23)3)14-22(15-35-29)25-8-4-6-20-12-21-13-26(21)28(20)25/h4,6,8,14-15,21,23-24,26H,1,5,7,9-13,16-18H2,3H3/t21?,23-,24-,26?/m0/s1. The van der Waals surface area contributed by atoms with Crippen LogP contribution >= 0.6 is 0 Å². The highest BCUT2D eigenvalue weighted by Gasteiger charge is 2.46. The maximum absolute atomic E-state index is 13.8. The van der Waals surface area contributed by atoms with Crippen LogP contribution in [0.4, 0.5) is 10.2 Å². The number of hydrogen-bond acceptors (Lipinski definition) is 7. The number of likely N-dealkylation sites (N-methyl/N-ethyl adjacent to an activating group) is 1. The molecule has 0 radical (unpaired) electrons. The number of nitrogens with zero attached hydrogens (tertiary/aromatic N) is 7. The molecular weight excluding hydrogens is 533 g/mol. The van der Waals surface area contributed by atoms with Gasteiger partial charge in [0.05, 0.1) is 5.52 Å². The van der Waals surface area contributed by atoms with Crippen molar-refractivity contribution in [2.75, 3.05) is 51.3 Å². The molecule has 2 aromatic heterocycles. The van der Waals surface area contributed by atoms with Gasteiger partial charge in [-0.05, 0) is 73.9 Å². The van der Waals surface area contributed by atoms with Gasteiger partial charge in [0.25, 0.3) is 5.91 Å². The maximum Gasteiger partial charge on any atom is 0.319 e. The minimum absolute atomic E-state index is 0.0504. The second-order valence-electron chi connectivity index (χ2n) is 12.0. The highest BCUT2D eigenvalue weighted by molar-refractivity contribution is 5.92. The van der Waals surface area contributed by atoms with E-state index in [1.807, 2.05) is 11.1 Å². The van der Waals surface area contributed by atoms with E-state index < -0.39 is 17.8 Å². The predicted molar refractivity (Wildman–Crippen MR) is 158 cm³/mol. The van der Waals surface area contributed by atoms with Crippen LogP contribution in [0.1, 0.15) is 36.3 Å². The van der Waals surface area contributed by atoms with Gasteiger partial charge < -0.3 is 24.3 Å². The Balaban J connectivity index is 1.26. The van der Waals surface area contributed by atoms with Gasteiger partial charge in [-0.15, -0.1) is 0 Å². The van der Waals surface area contributed by atoms with Crippen LogP contribution in [-0.4, -0.2) is 89.1 Å². The van der Waals surface area contributed by atoms with Crippen molar-refractivity contribution in [2.45, 2.75) is 43.7 Å². The Hall–Kier alpha value is -4.10. The number of rotatable bonds is 7. The number of pyridine rings is 1. The quantitative estimate of drug-likeness (QED) is 0.312. The summed E-state index contributed by atoms with van der Waals surface area (Å²) in [6.07, 6.45) is 6.53. The Morgan fingerprint density at radius 2 is 2.12 bits per heavy atom. The Morgan fingerprint density at radius 1 is 1.24 bits per heavy atom. The van der Waals surface area contributed by atoms with Crippen LogP contribution in [0.15, 0.2) is 42.9 Å². The minimum Gasteiger partial charge on any atom is -0.462 e. The van der Waals surface area contributed by atoms with E-state index >= 15 is 0 Å². The van der Waals surface area contributed by atoms with Gasteiger partial charge in [-0.2, -0.15) is 9.97 Å². The number of benzene rings is 1. The van der Waals surface area contributed by atoms with Crippen molar-refractivity contribution >= 4 is 22.8 Å². The molecule has 10 heteroatoms. The molecule has 0 spiro atoms. The van der Waals surface area contributed by atoms with E-state index in [-0.39, 0.29) is 19.1 Å². The SMILES string of the molecule is [C-]#[N+]C[C@H]1CN(c2nc(OC[C@@H]3CCCN3C)nc3cc(-c4cccc5c4C4CC4C5)cnc23)CCN1C(=O)C(=C)F. The predicted octanol–water partition coefficient (Wildman–Crippen LogP) is 4.24. The number of likely N-dealkylation sites (tertiary alicyclic amines) is 1. The number of hydrogen-bond donors (Lipinski definition) is 0. The number of fused-ring (bicyclic) bond motifs is 4. The molecular formula is C32H34FN7O2. The lowest BCUT2D eigenvalue weighted by Crippen LogP contribution is -2.56. The molecule has 7 rings (SSSR count). The first-order valence-corrected chi connectivity index (χ1v) is 14.8. The second-order valence-corrected chi connectivity index (χ2v) is 12.0. The molecule has 2 unspecified atom stereocenters. The van der Waals surface area contributed by atoms with Gasteiger partial charge >= 0.3 is 6.01 Å². The third-order valence-electron chi connectivity index (χ3n) is 9.43. The molecule has 4 atom stereocenters. The summed E-state index contributed by atoms with van der Waals surface area (Å²) in [6.45, 7) is 13.2. The van der Waals surface area contributed by atoms with E-state index in [1.54, 1.807) is 0 Å². The number of carbonyl (C=O) groups excluding carboxylic acids is 1. The van der Waals surface area contributed by atoms with Crippen molar-refractivity contribution in [3.05, 3.63) is 65.4 Å². The third-order valence-corrected chi connectivity index (χ3v) is 9.43. The van der Waals surface area contributed by atoms with Crippen LogP contribution in [0.3, 0.4) is 0 Å². The number of halogens is 1. The number of aromatic nitrogens is 3. The van der Waals surface area contributed by atoms with Crippen molar-refractivity contribution in [2.24, 2.45) is 5.92 Å². The molecule has 216 valence electrons. The number of amides is 1. The van der Waals surface area contributed by atoms with Gasteiger partial charge in [0.15, 0.2) is 11.6 Å². The van der Waals surface area contributed by atoms with Crippen molar-refractivity contribution in [3.8, 4) is 17.1 Å². The van der Waals surface area contributed by atoms with Crippen LogP contribution < -0.4 is 9.64 Å². The van der Waals surface area contributed by atoms with Gasteiger partial charge in [-0.3, -0.25) is 9.78 Å². The molecule has 0 N–H and O–H groups in total. The van der Waals surface area contributed by atoms with Gasteiger partial charge in [-0.25, -0.2) is 11.0 Å². The summed E-state index contributed by atoms with van der Waals surface area (Å²) in [5.41, 5.74) is 6.47. The summed E-state index contributed by atoms with van der Waals surface area (Å²) >= 11 is 0. The first-order chi connectivity index (χ1) is 20.4. The molecule has 1 saturated carbocycles. The highest BCUT2D eigenvalue weighted by Crippen LogP contribution is 2.58. The molecule has 3 aromatic rings. The second kappa shape index (κ2) is 10.6. The van der Waals surface area contributed by atoms with Gasteiger partial charge in [0.2, 0.25) is 6.54 Å². The van der Waals surface area contributed by atoms with E-state index in [9.17, 15) is 9.18 Å². The van der Waals surface area contributed by atoms with Gasteiger partial charge in [0.1, 0.15) is 18.2 Å². The summed E-state index contributed by atoms with van der Waals surface area (Å²) < 4.78 is 20.0. The third kappa shape index (κ3) is 4.75. The van der Waals surface area contributed by atoms with E-state index in [2.05, 4.69) is 47.6 Å². The first kappa shape index (κ1) is 26.8. The molecule has 2 aliphatic heterocycles. The fourth-order valence-electron chi connectivity index (χ4n) is 7.10. The zero-order valence-electron chi connectivity index (χ0n) is 23.8. The first-order valence-electron chi connectivity index (χ1n) is 14.8. The molecule has 2 saturated heterocycles. The smallest absolute Gasteiger partial charge is 0.319 e. The molecule has 42 heavy (non-hydrogen) atoms. The highest BCUT2D eigenvalue weighted by atomic mass is 19.1. The summed E-state index contributed by atoms with van der Waals surface area (Å²) in [5.74, 6) is 0.243. The van der Waals surface area contributed by atoms with Crippen molar-refractivity contribution in [1.82, 2.24) is 24.8 Å². The van der Waals surface area contributed by atoms with Crippen molar-refractivity contribution < 1.29 is 13.9 Å². The largest absolute Gasteiger partial charge is 0.462 e. The molecule has 9 nitrogen and oxygen atoms in total. The van der Waals surface area contributed by atoms with Crippen LogP contribution in [-0.2, 0) is 11.2 Å².